The SMILES string of the molecule is CCOC(=O)[C@@H](CCCCF)NC(=O)[C@@H](Cc1ccccc1)NC(=O)OC(C)(C)C. The third-order valence-corrected chi connectivity index (χ3v) is 4.05. The van der Waals surface area contributed by atoms with Crippen LogP contribution in [0.25, 0.3) is 0 Å². The van der Waals surface area contributed by atoms with Crippen molar-refractivity contribution in [3.05, 3.63) is 35.9 Å². The summed E-state index contributed by atoms with van der Waals surface area (Å²) in [5.74, 6) is -1.12. The summed E-state index contributed by atoms with van der Waals surface area (Å²) in [5.41, 5.74) is 0.108. The van der Waals surface area contributed by atoms with Crippen molar-refractivity contribution in [3.8, 4) is 0 Å². The Morgan fingerprint density at radius 2 is 1.70 bits per heavy atom. The fourth-order valence-electron chi connectivity index (χ4n) is 2.72. The maximum absolute atomic E-state index is 12.9. The van der Waals surface area contributed by atoms with Crippen LogP contribution in [0.2, 0.25) is 0 Å². The van der Waals surface area contributed by atoms with Gasteiger partial charge in [-0.15, -0.1) is 0 Å². The van der Waals surface area contributed by atoms with Gasteiger partial charge in [0.05, 0.1) is 13.3 Å². The van der Waals surface area contributed by atoms with Crippen molar-refractivity contribution in [3.63, 3.8) is 0 Å². The second-order valence-electron chi connectivity index (χ2n) is 7.89. The van der Waals surface area contributed by atoms with Crippen LogP contribution in [0.15, 0.2) is 30.3 Å². The molecule has 0 aliphatic rings. The zero-order valence-electron chi connectivity index (χ0n) is 18.2. The summed E-state index contributed by atoms with van der Waals surface area (Å²) < 4.78 is 22.7. The number of carbonyl (C=O) groups is 3. The molecule has 0 saturated heterocycles. The normalized spacial score (nSPS) is 13.1. The highest BCUT2D eigenvalue weighted by Gasteiger charge is 2.29. The van der Waals surface area contributed by atoms with Gasteiger partial charge in [0.2, 0.25) is 5.91 Å². The van der Waals surface area contributed by atoms with E-state index < -0.39 is 42.3 Å². The zero-order chi connectivity index (χ0) is 22.6. The summed E-state index contributed by atoms with van der Waals surface area (Å²) in [6.07, 6.45) is 0.437. The molecule has 0 aliphatic heterocycles. The fraction of sp³-hybridized carbons (Fsp3) is 0.591. The Morgan fingerprint density at radius 3 is 2.27 bits per heavy atom. The van der Waals surface area contributed by atoms with Crippen LogP contribution in [-0.4, -0.2) is 48.9 Å². The van der Waals surface area contributed by atoms with E-state index in [9.17, 15) is 18.8 Å². The number of nitrogens with one attached hydrogen (secondary N) is 2. The van der Waals surface area contributed by atoms with Crippen LogP contribution in [0.3, 0.4) is 0 Å². The van der Waals surface area contributed by atoms with Crippen LogP contribution < -0.4 is 10.6 Å². The molecule has 0 bridgehead atoms. The predicted octanol–water partition coefficient (Wildman–Crippen LogP) is 3.31. The molecule has 8 heteroatoms. The third kappa shape index (κ3) is 10.2. The number of alkyl carbamates (subject to hydrolysis) is 1. The highest BCUT2D eigenvalue weighted by Crippen LogP contribution is 2.10. The average molecular weight is 425 g/mol. The van der Waals surface area contributed by atoms with E-state index >= 15 is 0 Å². The summed E-state index contributed by atoms with van der Waals surface area (Å²) in [5, 5.41) is 5.22. The van der Waals surface area contributed by atoms with Gasteiger partial charge in [0, 0.05) is 6.42 Å². The molecule has 1 aromatic rings. The molecule has 7 nitrogen and oxygen atoms in total. The molecule has 0 fully saturated rings. The molecule has 0 unspecified atom stereocenters. The Hall–Kier alpha value is -2.64. The topological polar surface area (TPSA) is 93.7 Å². The van der Waals surface area contributed by atoms with E-state index in [1.807, 2.05) is 30.3 Å². The molecule has 2 N–H and O–H groups in total. The van der Waals surface area contributed by atoms with Gasteiger partial charge < -0.3 is 20.1 Å². The molecule has 2 amide bonds. The lowest BCUT2D eigenvalue weighted by Crippen LogP contribution is -2.53. The van der Waals surface area contributed by atoms with Gasteiger partial charge in [-0.1, -0.05) is 30.3 Å². The smallest absolute Gasteiger partial charge is 0.408 e. The summed E-state index contributed by atoms with van der Waals surface area (Å²) in [6.45, 7) is 6.50. The van der Waals surface area contributed by atoms with E-state index in [1.165, 1.54) is 0 Å². The molecule has 0 aliphatic carbocycles. The quantitative estimate of drug-likeness (QED) is 0.420. The number of esters is 1. The number of hydrogen-bond donors (Lipinski definition) is 2. The monoisotopic (exact) mass is 424 g/mol. The number of unbranched alkanes of at least 4 members (excludes halogenated alkanes) is 1. The molecule has 1 aromatic carbocycles. The van der Waals surface area contributed by atoms with E-state index in [4.69, 9.17) is 9.47 Å². The molecule has 0 spiro atoms. The number of hydrogen-bond acceptors (Lipinski definition) is 5. The van der Waals surface area contributed by atoms with E-state index in [2.05, 4.69) is 10.6 Å². The third-order valence-electron chi connectivity index (χ3n) is 4.05. The van der Waals surface area contributed by atoms with Crippen molar-refractivity contribution in [1.82, 2.24) is 10.6 Å². The minimum Gasteiger partial charge on any atom is -0.464 e. The molecule has 0 heterocycles. The Kier molecular flexibility index (Phi) is 10.9. The van der Waals surface area contributed by atoms with Gasteiger partial charge in [0.1, 0.15) is 17.7 Å². The summed E-state index contributed by atoms with van der Waals surface area (Å²) in [4.78, 5) is 37.4. The Morgan fingerprint density at radius 1 is 1.03 bits per heavy atom. The van der Waals surface area contributed by atoms with Crippen molar-refractivity contribution in [1.29, 1.82) is 0 Å². The lowest BCUT2D eigenvalue weighted by atomic mass is 10.0. The van der Waals surface area contributed by atoms with Gasteiger partial charge in [0.15, 0.2) is 0 Å². The van der Waals surface area contributed by atoms with Gasteiger partial charge in [-0.05, 0) is 52.5 Å². The first-order valence-electron chi connectivity index (χ1n) is 10.2. The highest BCUT2D eigenvalue weighted by molar-refractivity contribution is 5.89. The summed E-state index contributed by atoms with van der Waals surface area (Å²) in [6, 6.07) is 7.30. The molecule has 0 saturated carbocycles. The maximum Gasteiger partial charge on any atom is 0.408 e. The van der Waals surface area contributed by atoms with Crippen LogP contribution in [0.4, 0.5) is 9.18 Å². The van der Waals surface area contributed by atoms with Crippen LogP contribution in [-0.2, 0) is 25.5 Å². The van der Waals surface area contributed by atoms with Crippen LogP contribution in [0.1, 0.15) is 52.5 Å². The number of alkyl halides is 1. The number of halogens is 1. The largest absolute Gasteiger partial charge is 0.464 e. The first kappa shape index (κ1) is 25.4. The Labute approximate surface area is 177 Å². The molecule has 2 atom stereocenters. The number of amides is 2. The number of carbonyl (C=O) groups excluding carboxylic acids is 3. The highest BCUT2D eigenvalue weighted by atomic mass is 19.1. The lowest BCUT2D eigenvalue weighted by Gasteiger charge is -2.25. The van der Waals surface area contributed by atoms with Crippen LogP contribution in [0, 0.1) is 0 Å². The van der Waals surface area contributed by atoms with E-state index in [-0.39, 0.29) is 25.9 Å². The Bertz CT molecular complexity index is 676. The van der Waals surface area contributed by atoms with Crippen molar-refractivity contribution >= 4 is 18.0 Å². The molecule has 1 rings (SSSR count). The van der Waals surface area contributed by atoms with Crippen LogP contribution >= 0.6 is 0 Å². The first-order valence-corrected chi connectivity index (χ1v) is 10.2. The Balaban J connectivity index is 2.93. The van der Waals surface area contributed by atoms with Crippen molar-refractivity contribution in [2.45, 2.75) is 71.1 Å². The molecule has 30 heavy (non-hydrogen) atoms. The minimum atomic E-state index is -0.958. The van der Waals surface area contributed by atoms with E-state index in [0.29, 0.717) is 6.42 Å². The lowest BCUT2D eigenvalue weighted by molar-refractivity contribution is -0.147. The van der Waals surface area contributed by atoms with Gasteiger partial charge >= 0.3 is 12.1 Å². The van der Waals surface area contributed by atoms with Gasteiger partial charge in [-0.25, -0.2) is 9.59 Å². The van der Waals surface area contributed by atoms with Crippen molar-refractivity contribution in [2.75, 3.05) is 13.3 Å². The molecule has 0 aromatic heterocycles. The average Bonchev–Trinajstić information content (AvgIpc) is 2.66. The zero-order valence-corrected chi connectivity index (χ0v) is 18.2. The second-order valence-corrected chi connectivity index (χ2v) is 7.89. The molecule has 0 radical (unpaired) electrons. The number of ether oxygens (including phenoxy) is 2. The fourth-order valence-corrected chi connectivity index (χ4v) is 2.72. The maximum atomic E-state index is 12.9. The molecule has 168 valence electrons. The van der Waals surface area contributed by atoms with E-state index in [1.54, 1.807) is 27.7 Å². The molecular weight excluding hydrogens is 391 g/mol. The summed E-state index contributed by atoms with van der Waals surface area (Å²) >= 11 is 0. The second kappa shape index (κ2) is 12.8. The predicted molar refractivity (Wildman–Crippen MR) is 112 cm³/mol. The minimum absolute atomic E-state index is 0.165. The number of rotatable bonds is 11. The standard InChI is InChI=1S/C22H33FN2O5/c1-5-29-20(27)17(13-9-10-14-23)24-19(26)18(15-16-11-7-6-8-12-16)25-21(28)30-22(2,3)4/h6-8,11-12,17-18H,5,9-10,13-15H2,1-4H3,(H,24,26)(H,25,28)/t17-,18-/m1/s1. The van der Waals surface area contributed by atoms with Crippen LogP contribution in [0.5, 0.6) is 0 Å². The van der Waals surface area contributed by atoms with Gasteiger partial charge in [0.25, 0.3) is 0 Å². The molecular formula is C22H33FN2O5. The van der Waals surface area contributed by atoms with Gasteiger partial charge in [-0.2, -0.15) is 0 Å². The van der Waals surface area contributed by atoms with Crippen molar-refractivity contribution in [2.24, 2.45) is 0 Å². The summed E-state index contributed by atoms with van der Waals surface area (Å²) in [7, 11) is 0. The van der Waals surface area contributed by atoms with Gasteiger partial charge in [-0.3, -0.25) is 9.18 Å². The van der Waals surface area contributed by atoms with Crippen molar-refractivity contribution < 1.29 is 28.2 Å². The first-order chi connectivity index (χ1) is 14.2. The number of benzene rings is 1. The van der Waals surface area contributed by atoms with E-state index in [0.717, 1.165) is 5.56 Å².